The molecule has 0 saturated heterocycles. The fourth-order valence-corrected chi connectivity index (χ4v) is 4.52. The number of aromatic nitrogens is 1. The first-order valence-electron chi connectivity index (χ1n) is 10.1. The Labute approximate surface area is 175 Å². The molecule has 1 aromatic carbocycles. The summed E-state index contributed by atoms with van der Waals surface area (Å²) in [7, 11) is 0. The van der Waals surface area contributed by atoms with Crippen LogP contribution in [0.25, 0.3) is 5.52 Å². The van der Waals surface area contributed by atoms with E-state index in [1.807, 2.05) is 60.0 Å². The van der Waals surface area contributed by atoms with E-state index in [0.717, 1.165) is 23.2 Å². The van der Waals surface area contributed by atoms with E-state index in [2.05, 4.69) is 0 Å². The van der Waals surface area contributed by atoms with Crippen LogP contribution in [0.5, 0.6) is 5.75 Å². The number of nitrogens with zero attached hydrogens (tertiary/aromatic N) is 1. The third kappa shape index (κ3) is 3.95. The van der Waals surface area contributed by atoms with Crippen molar-refractivity contribution in [2.24, 2.45) is 5.92 Å². The molecule has 4 rings (SSSR count). The molecular weight excluding hydrogens is 386 g/mol. The lowest BCUT2D eigenvalue weighted by Gasteiger charge is -2.12. The van der Waals surface area contributed by atoms with Crippen LogP contribution in [0.2, 0.25) is 0 Å². The lowest BCUT2D eigenvalue weighted by Crippen LogP contribution is -2.09. The number of benzene rings is 1. The average Bonchev–Trinajstić information content (AvgIpc) is 3.34. The SMILES string of the molecule is Cc1c(C(=O)C(=O)Cl)c2c(OCc3ccccc3)cccn2c1CC1CCCC1. The first kappa shape index (κ1) is 19.7. The van der Waals surface area contributed by atoms with Crippen molar-refractivity contribution in [3.8, 4) is 5.75 Å². The molecule has 2 heterocycles. The molecular formula is C24H24ClNO3. The molecule has 1 aliphatic carbocycles. The highest BCUT2D eigenvalue weighted by Gasteiger charge is 2.28. The van der Waals surface area contributed by atoms with Gasteiger partial charge in [-0.1, -0.05) is 56.0 Å². The van der Waals surface area contributed by atoms with Gasteiger partial charge in [-0.2, -0.15) is 0 Å². The van der Waals surface area contributed by atoms with Crippen LogP contribution in [0, 0.1) is 12.8 Å². The summed E-state index contributed by atoms with van der Waals surface area (Å²) in [6, 6.07) is 13.6. The number of hydrogen-bond donors (Lipinski definition) is 0. The Kier molecular flexibility index (Phi) is 5.72. The highest BCUT2D eigenvalue weighted by molar-refractivity contribution is 6.83. The topological polar surface area (TPSA) is 47.8 Å². The second-order valence-electron chi connectivity index (χ2n) is 7.77. The number of pyridine rings is 1. The van der Waals surface area contributed by atoms with Gasteiger partial charge >= 0.3 is 0 Å². The molecule has 150 valence electrons. The number of ketones is 1. The zero-order chi connectivity index (χ0) is 20.4. The number of carbonyl (C=O) groups excluding carboxylic acids is 2. The van der Waals surface area contributed by atoms with Crippen LogP contribution < -0.4 is 4.74 Å². The summed E-state index contributed by atoms with van der Waals surface area (Å²) in [5, 5.41) is -0.967. The third-order valence-electron chi connectivity index (χ3n) is 5.89. The number of halogens is 1. The molecule has 2 aromatic heterocycles. The predicted octanol–water partition coefficient (Wildman–Crippen LogP) is 5.51. The van der Waals surface area contributed by atoms with Gasteiger partial charge in [-0.3, -0.25) is 9.59 Å². The van der Waals surface area contributed by atoms with Crippen molar-refractivity contribution in [3.05, 3.63) is 71.0 Å². The monoisotopic (exact) mass is 409 g/mol. The summed E-state index contributed by atoms with van der Waals surface area (Å²) >= 11 is 5.60. The van der Waals surface area contributed by atoms with Crippen LogP contribution in [-0.2, 0) is 17.8 Å². The first-order chi connectivity index (χ1) is 14.1. The van der Waals surface area contributed by atoms with Gasteiger partial charge in [0.05, 0.1) is 11.1 Å². The summed E-state index contributed by atoms with van der Waals surface area (Å²) in [5.74, 6) is 0.517. The summed E-state index contributed by atoms with van der Waals surface area (Å²) < 4.78 is 8.10. The molecule has 4 nitrogen and oxygen atoms in total. The van der Waals surface area contributed by atoms with Gasteiger partial charge in [0.15, 0.2) is 0 Å². The summed E-state index contributed by atoms with van der Waals surface area (Å²) in [6.07, 6.45) is 7.74. The number of hydrogen-bond acceptors (Lipinski definition) is 3. The molecule has 0 unspecified atom stereocenters. The maximum Gasteiger partial charge on any atom is 0.293 e. The Hall–Kier alpha value is -2.59. The molecule has 1 saturated carbocycles. The zero-order valence-electron chi connectivity index (χ0n) is 16.5. The average molecular weight is 410 g/mol. The molecule has 0 radical (unpaired) electrons. The summed E-state index contributed by atoms with van der Waals surface area (Å²) in [4.78, 5) is 24.5. The second kappa shape index (κ2) is 8.42. The number of Topliss-reactive ketones (excluding diaryl/α,β-unsaturated/α-hetero) is 1. The zero-order valence-corrected chi connectivity index (χ0v) is 17.2. The second-order valence-corrected chi connectivity index (χ2v) is 8.11. The van der Waals surface area contributed by atoms with Crippen LogP contribution in [0.1, 0.15) is 52.9 Å². The molecule has 0 aliphatic heterocycles. The minimum absolute atomic E-state index is 0.363. The fourth-order valence-electron chi connectivity index (χ4n) is 4.43. The lowest BCUT2D eigenvalue weighted by molar-refractivity contribution is -0.108. The van der Waals surface area contributed by atoms with Gasteiger partial charge in [0.2, 0.25) is 5.78 Å². The highest BCUT2D eigenvalue weighted by atomic mass is 35.5. The van der Waals surface area contributed by atoms with Crippen molar-refractivity contribution in [2.45, 2.75) is 45.6 Å². The predicted molar refractivity (Wildman–Crippen MR) is 114 cm³/mol. The molecule has 0 N–H and O–H groups in total. The smallest absolute Gasteiger partial charge is 0.293 e. The first-order valence-corrected chi connectivity index (χ1v) is 10.5. The number of carbonyl (C=O) groups is 2. The molecule has 0 atom stereocenters. The van der Waals surface area contributed by atoms with Crippen molar-refractivity contribution in [1.82, 2.24) is 4.40 Å². The number of fused-ring (bicyclic) bond motifs is 1. The molecule has 29 heavy (non-hydrogen) atoms. The van der Waals surface area contributed by atoms with E-state index >= 15 is 0 Å². The molecule has 0 amide bonds. The third-order valence-corrected chi connectivity index (χ3v) is 6.06. The van der Waals surface area contributed by atoms with Gasteiger partial charge in [0.1, 0.15) is 12.4 Å². The van der Waals surface area contributed by atoms with E-state index in [9.17, 15) is 9.59 Å². The minimum Gasteiger partial charge on any atom is -0.487 e. The summed E-state index contributed by atoms with van der Waals surface area (Å²) in [6.45, 7) is 2.29. The maximum absolute atomic E-state index is 12.7. The lowest BCUT2D eigenvalue weighted by atomic mass is 9.98. The van der Waals surface area contributed by atoms with Crippen LogP contribution in [0.15, 0.2) is 48.7 Å². The highest BCUT2D eigenvalue weighted by Crippen LogP contribution is 2.35. The van der Waals surface area contributed by atoms with Crippen molar-refractivity contribution >= 4 is 28.1 Å². The largest absolute Gasteiger partial charge is 0.487 e. The Morgan fingerprint density at radius 3 is 2.52 bits per heavy atom. The molecule has 0 bridgehead atoms. The standard InChI is InChI=1S/C24H24ClNO3/c1-16-19(14-17-8-5-6-9-17)26-13-7-12-20(22(26)21(16)23(27)24(25)28)29-15-18-10-3-2-4-11-18/h2-4,7,10-13,17H,5-6,8-9,14-15H2,1H3. The van der Waals surface area contributed by atoms with E-state index in [1.165, 1.54) is 25.7 Å². The Balaban J connectivity index is 1.79. The number of rotatable bonds is 7. The van der Waals surface area contributed by atoms with Crippen molar-refractivity contribution in [2.75, 3.05) is 0 Å². The van der Waals surface area contributed by atoms with Gasteiger partial charge in [0.25, 0.3) is 5.24 Å². The Morgan fingerprint density at radius 2 is 1.83 bits per heavy atom. The molecule has 0 spiro atoms. The Bertz CT molecular complexity index is 1050. The van der Waals surface area contributed by atoms with Crippen LogP contribution >= 0.6 is 11.6 Å². The van der Waals surface area contributed by atoms with Gasteiger partial charge < -0.3 is 9.14 Å². The van der Waals surface area contributed by atoms with Crippen LogP contribution in [-0.4, -0.2) is 15.4 Å². The number of ether oxygens (including phenoxy) is 1. The molecule has 1 aliphatic rings. The van der Waals surface area contributed by atoms with Gasteiger partial charge in [-0.15, -0.1) is 0 Å². The van der Waals surface area contributed by atoms with Gasteiger partial charge in [-0.25, -0.2) is 0 Å². The van der Waals surface area contributed by atoms with Crippen molar-refractivity contribution in [1.29, 1.82) is 0 Å². The van der Waals surface area contributed by atoms with Gasteiger partial charge in [-0.05, 0) is 54.1 Å². The van der Waals surface area contributed by atoms with Crippen molar-refractivity contribution < 1.29 is 14.3 Å². The molecule has 3 aromatic rings. The van der Waals surface area contributed by atoms with E-state index in [-0.39, 0.29) is 0 Å². The van der Waals surface area contributed by atoms with E-state index in [0.29, 0.717) is 29.4 Å². The van der Waals surface area contributed by atoms with E-state index in [4.69, 9.17) is 16.3 Å². The van der Waals surface area contributed by atoms with E-state index < -0.39 is 11.0 Å². The fraction of sp³-hybridized carbons (Fsp3) is 0.333. The quantitative estimate of drug-likeness (QED) is 0.294. The van der Waals surface area contributed by atoms with Gasteiger partial charge in [0, 0.05) is 11.9 Å². The molecule has 5 heteroatoms. The van der Waals surface area contributed by atoms with Crippen molar-refractivity contribution in [3.63, 3.8) is 0 Å². The van der Waals surface area contributed by atoms with E-state index in [1.54, 1.807) is 0 Å². The molecule has 1 fully saturated rings. The van der Waals surface area contributed by atoms with Crippen LogP contribution in [0.4, 0.5) is 0 Å². The van der Waals surface area contributed by atoms with Crippen LogP contribution in [0.3, 0.4) is 0 Å². The normalized spacial score (nSPS) is 14.4. The Morgan fingerprint density at radius 1 is 1.10 bits per heavy atom. The minimum atomic E-state index is -0.967. The maximum atomic E-state index is 12.7. The summed E-state index contributed by atoms with van der Waals surface area (Å²) in [5.41, 5.74) is 3.92.